The van der Waals surface area contributed by atoms with Crippen molar-refractivity contribution in [3.05, 3.63) is 24.3 Å². The van der Waals surface area contributed by atoms with Crippen LogP contribution >= 0.6 is 0 Å². The monoisotopic (exact) mass is 482 g/mol. The van der Waals surface area contributed by atoms with Crippen LogP contribution in [0.15, 0.2) is 29.2 Å². The highest BCUT2D eigenvalue weighted by Crippen LogP contribution is 2.32. The van der Waals surface area contributed by atoms with Crippen LogP contribution in [0.25, 0.3) is 0 Å². The predicted molar refractivity (Wildman–Crippen MR) is 120 cm³/mol. The minimum Gasteiger partial charge on any atom is -0.497 e. The van der Waals surface area contributed by atoms with E-state index in [0.717, 1.165) is 32.4 Å². The van der Waals surface area contributed by atoms with E-state index in [1.54, 1.807) is 12.1 Å². The van der Waals surface area contributed by atoms with E-state index < -0.39 is 28.3 Å². The molecule has 3 aliphatic rings. The molecule has 1 aromatic rings. The molecule has 0 unspecified atom stereocenters. The summed E-state index contributed by atoms with van der Waals surface area (Å²) in [6, 6.07) is 5.84. The molecule has 3 fully saturated rings. The molecule has 0 bridgehead atoms. The van der Waals surface area contributed by atoms with Gasteiger partial charge in [-0.2, -0.15) is 4.31 Å². The van der Waals surface area contributed by atoms with Crippen LogP contribution in [0.5, 0.6) is 5.75 Å². The molecule has 3 heterocycles. The van der Waals surface area contributed by atoms with Crippen molar-refractivity contribution in [2.24, 2.45) is 0 Å². The van der Waals surface area contributed by atoms with Gasteiger partial charge in [-0.15, -0.1) is 0 Å². The van der Waals surface area contributed by atoms with Gasteiger partial charge in [-0.25, -0.2) is 8.42 Å². The van der Waals surface area contributed by atoms with Gasteiger partial charge in [-0.1, -0.05) is 6.07 Å². The number of piperidine rings is 1. The number of sulfonamides is 1. The second kappa shape index (κ2) is 10.7. The van der Waals surface area contributed by atoms with Crippen LogP contribution in [0.4, 0.5) is 0 Å². The zero-order valence-corrected chi connectivity index (χ0v) is 19.9. The molecule has 9 nitrogen and oxygen atoms in total. The molecule has 0 radical (unpaired) electrons. The average Bonchev–Trinajstić information content (AvgIpc) is 2.82. The fourth-order valence-electron chi connectivity index (χ4n) is 4.94. The number of hydrogen-bond acceptors (Lipinski definition) is 7. The number of benzene rings is 1. The third kappa shape index (κ3) is 5.68. The first kappa shape index (κ1) is 24.4. The Balaban J connectivity index is 1.51. The summed E-state index contributed by atoms with van der Waals surface area (Å²) in [6.07, 6.45) is 2.92. The lowest BCUT2D eigenvalue weighted by Crippen LogP contribution is -2.57. The normalized spacial score (nSPS) is 29.6. The minimum absolute atomic E-state index is 0.0219. The molecule has 3 saturated heterocycles. The highest BCUT2D eigenvalue weighted by Gasteiger charge is 2.43. The van der Waals surface area contributed by atoms with E-state index in [0.29, 0.717) is 25.0 Å². The third-order valence-corrected chi connectivity index (χ3v) is 8.58. The number of amides is 1. The van der Waals surface area contributed by atoms with Crippen LogP contribution in [0, 0.1) is 0 Å². The van der Waals surface area contributed by atoms with Crippen LogP contribution in [0.1, 0.15) is 38.5 Å². The Morgan fingerprint density at radius 1 is 1.18 bits per heavy atom. The second-order valence-electron chi connectivity index (χ2n) is 9.03. The largest absolute Gasteiger partial charge is 0.497 e. The van der Waals surface area contributed by atoms with Crippen LogP contribution < -0.4 is 4.74 Å². The van der Waals surface area contributed by atoms with E-state index in [9.17, 15) is 18.3 Å². The van der Waals surface area contributed by atoms with Gasteiger partial charge in [0, 0.05) is 25.7 Å². The summed E-state index contributed by atoms with van der Waals surface area (Å²) in [6.45, 7) is 1.70. The van der Waals surface area contributed by atoms with E-state index in [2.05, 4.69) is 0 Å². The molecule has 10 heteroatoms. The average molecular weight is 483 g/mol. The van der Waals surface area contributed by atoms with E-state index >= 15 is 0 Å². The Morgan fingerprint density at radius 2 is 1.97 bits per heavy atom. The molecule has 3 aliphatic heterocycles. The molecule has 33 heavy (non-hydrogen) atoms. The fraction of sp³-hybridized carbons (Fsp3) is 0.696. The van der Waals surface area contributed by atoms with Gasteiger partial charge in [0.05, 0.1) is 56.0 Å². The molecule has 4 atom stereocenters. The number of methoxy groups -OCH3 is 1. The van der Waals surface area contributed by atoms with Crippen LogP contribution in [-0.4, -0.2) is 92.9 Å². The summed E-state index contributed by atoms with van der Waals surface area (Å²) < 4.78 is 45.6. The zero-order valence-electron chi connectivity index (χ0n) is 19.1. The highest BCUT2D eigenvalue weighted by atomic mass is 32.2. The van der Waals surface area contributed by atoms with Gasteiger partial charge in [0.2, 0.25) is 15.9 Å². The lowest BCUT2D eigenvalue weighted by Gasteiger charge is -2.43. The molecular formula is C23H34N2O7S. The lowest BCUT2D eigenvalue weighted by molar-refractivity contribution is -0.152. The van der Waals surface area contributed by atoms with Gasteiger partial charge in [0.1, 0.15) is 5.75 Å². The number of likely N-dealkylation sites (tertiary alicyclic amines) is 1. The Morgan fingerprint density at radius 3 is 2.73 bits per heavy atom. The van der Waals surface area contributed by atoms with Gasteiger partial charge in [0.15, 0.2) is 0 Å². The van der Waals surface area contributed by atoms with Crippen LogP contribution in [0.2, 0.25) is 0 Å². The van der Waals surface area contributed by atoms with Crippen molar-refractivity contribution in [3.8, 4) is 5.75 Å². The van der Waals surface area contributed by atoms with Gasteiger partial charge in [0.25, 0.3) is 0 Å². The topological polar surface area (TPSA) is 106 Å². The maximum absolute atomic E-state index is 13.6. The van der Waals surface area contributed by atoms with Gasteiger partial charge < -0.3 is 24.2 Å². The van der Waals surface area contributed by atoms with E-state index in [1.165, 1.54) is 23.5 Å². The zero-order chi connectivity index (χ0) is 23.4. The number of nitrogens with zero attached hydrogens (tertiary/aromatic N) is 2. The van der Waals surface area contributed by atoms with Gasteiger partial charge in [-0.3, -0.25) is 4.79 Å². The van der Waals surface area contributed by atoms with Crippen molar-refractivity contribution >= 4 is 15.9 Å². The number of aliphatic hydroxyl groups excluding tert-OH is 1. The first-order chi connectivity index (χ1) is 15.9. The quantitative estimate of drug-likeness (QED) is 0.676. The number of ether oxygens (including phenoxy) is 3. The standard InChI is InChI=1S/C23H34N2O7S/c1-30-18-6-5-7-20(12-18)33(28,29)25-14-17(26)15-31-16-22-21(25)9-8-19(32-22)13-23(27)24-10-3-2-4-11-24/h5-7,12,17,19,21-22,26H,2-4,8-11,13-16H2,1H3/t17-,19-,21+,22-/m0/s1. The summed E-state index contributed by atoms with van der Waals surface area (Å²) in [7, 11) is -2.43. The van der Waals surface area contributed by atoms with Crippen molar-refractivity contribution in [2.75, 3.05) is 40.0 Å². The number of β-amino-alcohol motifs (C(OH)–C–C–N with tert-alkyl or cyclic N) is 1. The number of aliphatic hydroxyl groups is 1. The smallest absolute Gasteiger partial charge is 0.243 e. The predicted octanol–water partition coefficient (Wildman–Crippen LogP) is 1.40. The number of hydrogen-bond donors (Lipinski definition) is 1. The first-order valence-electron chi connectivity index (χ1n) is 11.7. The number of rotatable bonds is 5. The van der Waals surface area contributed by atoms with E-state index in [1.807, 2.05) is 4.90 Å². The molecule has 0 saturated carbocycles. The third-order valence-electron chi connectivity index (χ3n) is 6.69. The molecule has 0 aromatic heterocycles. The Kier molecular flexibility index (Phi) is 7.91. The van der Waals surface area contributed by atoms with Crippen LogP contribution in [0.3, 0.4) is 0 Å². The molecule has 1 N–H and O–H groups in total. The lowest BCUT2D eigenvalue weighted by atomic mass is 9.96. The molecule has 1 amide bonds. The fourth-order valence-corrected chi connectivity index (χ4v) is 6.69. The molecular weight excluding hydrogens is 448 g/mol. The van der Waals surface area contributed by atoms with Crippen molar-refractivity contribution in [1.82, 2.24) is 9.21 Å². The molecule has 1 aromatic carbocycles. The maximum atomic E-state index is 13.6. The van der Waals surface area contributed by atoms with Gasteiger partial charge in [-0.05, 0) is 44.2 Å². The summed E-state index contributed by atoms with van der Waals surface area (Å²) in [5.41, 5.74) is 0. The SMILES string of the molecule is COc1cccc(S(=O)(=O)N2C[C@H](O)COC[C@@H]3O[C@H](CC(=O)N4CCCCC4)CC[C@H]32)c1. The summed E-state index contributed by atoms with van der Waals surface area (Å²) in [5, 5.41) is 10.4. The molecule has 0 spiro atoms. The second-order valence-corrected chi connectivity index (χ2v) is 10.9. The van der Waals surface area contributed by atoms with E-state index in [-0.39, 0.29) is 36.7 Å². The number of carbonyl (C=O) groups is 1. The van der Waals surface area contributed by atoms with Crippen molar-refractivity contribution < 1.29 is 32.5 Å². The summed E-state index contributed by atoms with van der Waals surface area (Å²) in [5.74, 6) is 0.543. The molecule has 184 valence electrons. The Labute approximate surface area is 195 Å². The van der Waals surface area contributed by atoms with Crippen molar-refractivity contribution in [2.45, 2.75) is 67.8 Å². The molecule has 4 rings (SSSR count). The van der Waals surface area contributed by atoms with E-state index in [4.69, 9.17) is 14.2 Å². The van der Waals surface area contributed by atoms with Crippen molar-refractivity contribution in [3.63, 3.8) is 0 Å². The summed E-state index contributed by atoms with van der Waals surface area (Å²) in [4.78, 5) is 14.7. The Bertz CT molecular complexity index is 919. The highest BCUT2D eigenvalue weighted by molar-refractivity contribution is 7.89. The van der Waals surface area contributed by atoms with Crippen LogP contribution in [-0.2, 0) is 24.3 Å². The number of fused-ring (bicyclic) bond motifs is 1. The molecule has 0 aliphatic carbocycles. The van der Waals surface area contributed by atoms with Crippen molar-refractivity contribution in [1.29, 1.82) is 0 Å². The summed E-state index contributed by atoms with van der Waals surface area (Å²) >= 11 is 0. The maximum Gasteiger partial charge on any atom is 0.243 e. The van der Waals surface area contributed by atoms with Gasteiger partial charge >= 0.3 is 0 Å². The number of carbonyl (C=O) groups excluding carboxylic acids is 1. The minimum atomic E-state index is -3.91. The Hall–Kier alpha value is -1.72. The first-order valence-corrected chi connectivity index (χ1v) is 13.2.